The number of aryl methyl sites for hydroxylation is 1. The molecule has 1 fully saturated rings. The number of rotatable bonds is 6. The van der Waals surface area contributed by atoms with Crippen LogP contribution in [0.3, 0.4) is 0 Å². The number of nitrogens with zero attached hydrogens (tertiary/aromatic N) is 1. The van der Waals surface area contributed by atoms with Gasteiger partial charge in [0, 0.05) is 24.9 Å². The minimum atomic E-state index is -0.0973. The lowest BCUT2D eigenvalue weighted by molar-refractivity contribution is -0.124. The number of carbonyl (C=O) groups excluding carboxylic acids is 1. The first-order valence-corrected chi connectivity index (χ1v) is 8.90. The molecule has 3 rings (SSSR count). The van der Waals surface area contributed by atoms with Crippen molar-refractivity contribution in [3.63, 3.8) is 0 Å². The highest BCUT2D eigenvalue weighted by atomic mass is 32.1. The van der Waals surface area contributed by atoms with E-state index in [9.17, 15) is 4.79 Å². The standard InChI is InChI=1S/C17H22N4OS/c1-2-13-11-23-15(20-13)8-9-18-17(22)14-10-19-21-16(14)12-6-4-3-5-7-12/h3-7,11,14,16,19,21H,2,8-10H2,1H3,(H,18,22). The van der Waals surface area contributed by atoms with Crippen molar-refractivity contribution in [1.29, 1.82) is 0 Å². The first kappa shape index (κ1) is 16.1. The summed E-state index contributed by atoms with van der Waals surface area (Å²) in [4.78, 5) is 17.0. The van der Waals surface area contributed by atoms with Gasteiger partial charge in [0.2, 0.25) is 5.91 Å². The normalized spacial score (nSPS) is 20.6. The van der Waals surface area contributed by atoms with E-state index in [4.69, 9.17) is 0 Å². The molecule has 3 N–H and O–H groups in total. The van der Waals surface area contributed by atoms with E-state index in [0.717, 1.165) is 29.1 Å². The zero-order chi connectivity index (χ0) is 16.1. The van der Waals surface area contributed by atoms with Crippen LogP contribution in [0, 0.1) is 5.92 Å². The summed E-state index contributed by atoms with van der Waals surface area (Å²) in [7, 11) is 0. The molecular formula is C17H22N4OS. The molecule has 1 aromatic heterocycles. The van der Waals surface area contributed by atoms with Gasteiger partial charge in [-0.05, 0) is 12.0 Å². The number of thiazole rings is 1. The van der Waals surface area contributed by atoms with E-state index in [1.54, 1.807) is 11.3 Å². The quantitative estimate of drug-likeness (QED) is 0.756. The van der Waals surface area contributed by atoms with Crippen molar-refractivity contribution in [2.45, 2.75) is 25.8 Å². The van der Waals surface area contributed by atoms with E-state index in [0.29, 0.717) is 13.1 Å². The van der Waals surface area contributed by atoms with Crippen LogP contribution in [0.4, 0.5) is 0 Å². The Bertz CT molecular complexity index is 643. The number of benzene rings is 1. The van der Waals surface area contributed by atoms with Crippen molar-refractivity contribution in [2.75, 3.05) is 13.1 Å². The molecule has 2 aromatic rings. The maximum absolute atomic E-state index is 12.5. The lowest BCUT2D eigenvalue weighted by Crippen LogP contribution is -2.36. The van der Waals surface area contributed by atoms with Gasteiger partial charge in [0.05, 0.1) is 22.7 Å². The number of hydrogen-bond acceptors (Lipinski definition) is 5. The predicted octanol–water partition coefficient (Wildman–Crippen LogP) is 1.83. The lowest BCUT2D eigenvalue weighted by atomic mass is 9.94. The second-order valence-electron chi connectivity index (χ2n) is 5.65. The van der Waals surface area contributed by atoms with Gasteiger partial charge in [0.1, 0.15) is 0 Å². The first-order chi connectivity index (χ1) is 11.3. The maximum Gasteiger partial charge on any atom is 0.226 e. The molecular weight excluding hydrogens is 308 g/mol. The van der Waals surface area contributed by atoms with Gasteiger partial charge in [-0.15, -0.1) is 11.3 Å². The molecule has 6 heteroatoms. The van der Waals surface area contributed by atoms with E-state index in [1.165, 1.54) is 0 Å². The van der Waals surface area contributed by atoms with E-state index >= 15 is 0 Å². The molecule has 1 amide bonds. The highest BCUT2D eigenvalue weighted by molar-refractivity contribution is 7.09. The van der Waals surface area contributed by atoms with Gasteiger partial charge < -0.3 is 5.32 Å². The fourth-order valence-electron chi connectivity index (χ4n) is 2.77. The maximum atomic E-state index is 12.5. The zero-order valence-corrected chi connectivity index (χ0v) is 14.0. The van der Waals surface area contributed by atoms with E-state index in [-0.39, 0.29) is 17.9 Å². The molecule has 1 saturated heterocycles. The third-order valence-corrected chi connectivity index (χ3v) is 5.03. The van der Waals surface area contributed by atoms with Gasteiger partial charge in [-0.25, -0.2) is 10.4 Å². The zero-order valence-electron chi connectivity index (χ0n) is 13.2. The van der Waals surface area contributed by atoms with Gasteiger partial charge in [-0.3, -0.25) is 10.2 Å². The van der Waals surface area contributed by atoms with Gasteiger partial charge in [0.15, 0.2) is 0 Å². The number of aromatic nitrogens is 1. The summed E-state index contributed by atoms with van der Waals surface area (Å²) in [5.74, 6) is -0.0106. The van der Waals surface area contributed by atoms with Crippen LogP contribution in [0.15, 0.2) is 35.7 Å². The fraction of sp³-hybridized carbons (Fsp3) is 0.412. The molecule has 0 bridgehead atoms. The molecule has 5 nitrogen and oxygen atoms in total. The molecule has 2 heterocycles. The first-order valence-electron chi connectivity index (χ1n) is 8.02. The van der Waals surface area contributed by atoms with Crippen LogP contribution in [-0.4, -0.2) is 24.0 Å². The third-order valence-electron chi connectivity index (χ3n) is 4.08. The largest absolute Gasteiger partial charge is 0.355 e. The van der Waals surface area contributed by atoms with Crippen molar-refractivity contribution >= 4 is 17.2 Å². The molecule has 122 valence electrons. The second-order valence-corrected chi connectivity index (χ2v) is 6.59. The van der Waals surface area contributed by atoms with Gasteiger partial charge in [-0.1, -0.05) is 37.3 Å². The summed E-state index contributed by atoms with van der Waals surface area (Å²) >= 11 is 1.67. The summed E-state index contributed by atoms with van der Waals surface area (Å²) < 4.78 is 0. The van der Waals surface area contributed by atoms with Crippen LogP contribution < -0.4 is 16.2 Å². The summed E-state index contributed by atoms with van der Waals surface area (Å²) in [6.07, 6.45) is 1.75. The second kappa shape index (κ2) is 7.68. The molecule has 2 atom stereocenters. The van der Waals surface area contributed by atoms with E-state index in [1.807, 2.05) is 30.3 Å². The van der Waals surface area contributed by atoms with E-state index < -0.39 is 0 Å². The molecule has 0 spiro atoms. The van der Waals surface area contributed by atoms with Crippen LogP contribution >= 0.6 is 11.3 Å². The number of hydrogen-bond donors (Lipinski definition) is 3. The molecule has 2 unspecified atom stereocenters. The molecule has 0 saturated carbocycles. The van der Waals surface area contributed by atoms with Crippen LogP contribution in [0.2, 0.25) is 0 Å². The van der Waals surface area contributed by atoms with Gasteiger partial charge >= 0.3 is 0 Å². The Morgan fingerprint density at radius 1 is 1.39 bits per heavy atom. The highest BCUT2D eigenvalue weighted by Crippen LogP contribution is 2.24. The topological polar surface area (TPSA) is 66.1 Å². The monoisotopic (exact) mass is 330 g/mol. The van der Waals surface area contributed by atoms with Crippen molar-refractivity contribution < 1.29 is 4.79 Å². The van der Waals surface area contributed by atoms with Gasteiger partial charge in [-0.2, -0.15) is 0 Å². The van der Waals surface area contributed by atoms with Crippen molar-refractivity contribution in [3.8, 4) is 0 Å². The average Bonchev–Trinajstić information content (AvgIpc) is 3.24. The minimum Gasteiger partial charge on any atom is -0.355 e. The minimum absolute atomic E-state index is 0.0164. The smallest absolute Gasteiger partial charge is 0.226 e. The van der Waals surface area contributed by atoms with Crippen LogP contribution in [-0.2, 0) is 17.6 Å². The van der Waals surface area contributed by atoms with Crippen LogP contribution in [0.25, 0.3) is 0 Å². The molecule has 23 heavy (non-hydrogen) atoms. The van der Waals surface area contributed by atoms with Crippen LogP contribution in [0.1, 0.15) is 29.2 Å². The molecule has 0 aliphatic carbocycles. The lowest BCUT2D eigenvalue weighted by Gasteiger charge is -2.18. The van der Waals surface area contributed by atoms with Crippen LogP contribution in [0.5, 0.6) is 0 Å². The summed E-state index contributed by atoms with van der Waals surface area (Å²) in [5, 5.41) is 6.23. The Morgan fingerprint density at radius 2 is 2.22 bits per heavy atom. The Kier molecular flexibility index (Phi) is 5.38. The predicted molar refractivity (Wildman–Crippen MR) is 92.0 cm³/mol. The number of carbonyl (C=O) groups is 1. The van der Waals surface area contributed by atoms with E-state index in [2.05, 4.69) is 33.5 Å². The molecule has 1 aliphatic heterocycles. The Labute approximate surface area is 140 Å². The Hall–Kier alpha value is -1.76. The highest BCUT2D eigenvalue weighted by Gasteiger charge is 2.33. The molecule has 1 aromatic carbocycles. The number of nitrogens with one attached hydrogen (secondary N) is 3. The SMILES string of the molecule is CCc1csc(CCNC(=O)C2CNNC2c2ccccc2)n1. The van der Waals surface area contributed by atoms with Crippen molar-refractivity contribution in [1.82, 2.24) is 21.2 Å². The van der Waals surface area contributed by atoms with Gasteiger partial charge in [0.25, 0.3) is 0 Å². The average molecular weight is 330 g/mol. The number of amides is 1. The summed E-state index contributed by atoms with van der Waals surface area (Å²) in [6.45, 7) is 3.38. The number of hydrazine groups is 1. The summed E-state index contributed by atoms with van der Waals surface area (Å²) in [5.41, 5.74) is 8.56. The summed E-state index contributed by atoms with van der Waals surface area (Å²) in [6, 6.07) is 10.1. The molecule has 0 radical (unpaired) electrons. The van der Waals surface area contributed by atoms with Crippen molar-refractivity contribution in [2.24, 2.45) is 5.92 Å². The molecule has 1 aliphatic rings. The Morgan fingerprint density at radius 3 is 2.96 bits per heavy atom. The third kappa shape index (κ3) is 3.96. The van der Waals surface area contributed by atoms with Crippen molar-refractivity contribution in [3.05, 3.63) is 52.0 Å². The Balaban J connectivity index is 1.53. The fourth-order valence-corrected chi connectivity index (χ4v) is 3.65.